The summed E-state index contributed by atoms with van der Waals surface area (Å²) in [6.45, 7) is 2.02. The van der Waals surface area contributed by atoms with Crippen LogP contribution in [0, 0.1) is 10.1 Å². The van der Waals surface area contributed by atoms with Gasteiger partial charge in [0.2, 0.25) is 6.54 Å². The number of aromatic nitrogens is 3. The number of hydrogen-bond donors (Lipinski definition) is 0. The predicted octanol–water partition coefficient (Wildman–Crippen LogP) is 2.83. The number of hydrogen-bond acceptors (Lipinski definition) is 4. The van der Waals surface area contributed by atoms with Crippen LogP contribution >= 0.6 is 0 Å². The van der Waals surface area contributed by atoms with Crippen LogP contribution in [-0.2, 0) is 0 Å². The Hall–Kier alpha value is -1.98. The molecule has 0 N–H and O–H groups in total. The van der Waals surface area contributed by atoms with Gasteiger partial charge in [0.1, 0.15) is 11.6 Å². The molecule has 6 heteroatoms. The zero-order chi connectivity index (χ0) is 13.7. The highest BCUT2D eigenvalue weighted by molar-refractivity contribution is 5.73. The van der Waals surface area contributed by atoms with Crippen molar-refractivity contribution < 1.29 is 4.92 Å². The smallest absolute Gasteiger partial charge is 0.226 e. The highest BCUT2D eigenvalue weighted by atomic mass is 16.6. The van der Waals surface area contributed by atoms with E-state index in [0.29, 0.717) is 0 Å². The van der Waals surface area contributed by atoms with E-state index in [0.717, 1.165) is 36.7 Å². The van der Waals surface area contributed by atoms with Crippen molar-refractivity contribution in [2.45, 2.75) is 38.6 Å². The molecule has 2 aromatic rings. The standard InChI is InChI=1S/C13H18N4O2/c1-2-3-4-7-11(10-16(18)19)17-13-9-6-5-8-12(13)14-15-17/h5-6,8-9,11H,2-4,7,10H2,1H3/t11-/m0/s1. The van der Waals surface area contributed by atoms with Crippen molar-refractivity contribution in [3.05, 3.63) is 34.4 Å². The first-order valence-corrected chi connectivity index (χ1v) is 6.64. The third kappa shape index (κ3) is 3.27. The van der Waals surface area contributed by atoms with Crippen LogP contribution in [0.25, 0.3) is 11.0 Å². The van der Waals surface area contributed by atoms with Gasteiger partial charge in [-0.2, -0.15) is 0 Å². The topological polar surface area (TPSA) is 73.8 Å². The molecule has 19 heavy (non-hydrogen) atoms. The van der Waals surface area contributed by atoms with Gasteiger partial charge in [-0.1, -0.05) is 43.5 Å². The Labute approximate surface area is 111 Å². The molecule has 1 heterocycles. The molecular weight excluding hydrogens is 244 g/mol. The Bertz CT molecular complexity index is 552. The molecule has 102 valence electrons. The predicted molar refractivity (Wildman–Crippen MR) is 72.6 cm³/mol. The number of nitrogens with zero attached hydrogens (tertiary/aromatic N) is 4. The fraction of sp³-hybridized carbons (Fsp3) is 0.538. The maximum absolute atomic E-state index is 10.8. The summed E-state index contributed by atoms with van der Waals surface area (Å²) >= 11 is 0. The summed E-state index contributed by atoms with van der Waals surface area (Å²) in [5, 5.41) is 19.0. The molecular formula is C13H18N4O2. The van der Waals surface area contributed by atoms with Crippen LogP contribution in [0.5, 0.6) is 0 Å². The number of fused-ring (bicyclic) bond motifs is 1. The van der Waals surface area contributed by atoms with Crippen LogP contribution in [0.4, 0.5) is 0 Å². The maximum Gasteiger partial charge on any atom is 0.226 e. The van der Waals surface area contributed by atoms with E-state index >= 15 is 0 Å². The summed E-state index contributed by atoms with van der Waals surface area (Å²) in [7, 11) is 0. The zero-order valence-corrected chi connectivity index (χ0v) is 11.0. The van der Waals surface area contributed by atoms with Crippen LogP contribution in [0.2, 0.25) is 0 Å². The van der Waals surface area contributed by atoms with Gasteiger partial charge in [-0.3, -0.25) is 10.1 Å². The Morgan fingerprint density at radius 1 is 1.37 bits per heavy atom. The van der Waals surface area contributed by atoms with Gasteiger partial charge in [-0.25, -0.2) is 4.68 Å². The monoisotopic (exact) mass is 262 g/mol. The third-order valence-corrected chi connectivity index (χ3v) is 3.22. The highest BCUT2D eigenvalue weighted by Gasteiger charge is 2.20. The fourth-order valence-electron chi connectivity index (χ4n) is 2.25. The minimum atomic E-state index is -0.271. The van der Waals surface area contributed by atoms with E-state index in [1.807, 2.05) is 24.3 Å². The van der Waals surface area contributed by atoms with E-state index in [-0.39, 0.29) is 17.5 Å². The van der Waals surface area contributed by atoms with E-state index < -0.39 is 0 Å². The second-order valence-corrected chi connectivity index (χ2v) is 4.69. The number of nitro groups is 1. The first kappa shape index (κ1) is 13.5. The molecule has 0 saturated heterocycles. The zero-order valence-electron chi connectivity index (χ0n) is 11.0. The van der Waals surface area contributed by atoms with Crippen LogP contribution in [-0.4, -0.2) is 26.5 Å². The van der Waals surface area contributed by atoms with E-state index in [9.17, 15) is 10.1 Å². The number of rotatable bonds is 7. The van der Waals surface area contributed by atoms with Crippen molar-refractivity contribution in [2.75, 3.05) is 6.54 Å². The van der Waals surface area contributed by atoms with Crippen molar-refractivity contribution in [2.24, 2.45) is 0 Å². The highest BCUT2D eigenvalue weighted by Crippen LogP contribution is 2.20. The molecule has 6 nitrogen and oxygen atoms in total. The van der Waals surface area contributed by atoms with Gasteiger partial charge in [0.05, 0.1) is 5.52 Å². The van der Waals surface area contributed by atoms with Gasteiger partial charge in [0.25, 0.3) is 0 Å². The molecule has 1 aromatic carbocycles. The SMILES string of the molecule is CCCCC[C@@H](C[N+](=O)[O-])n1nnc2ccccc21. The average molecular weight is 262 g/mol. The summed E-state index contributed by atoms with van der Waals surface area (Å²) in [6.07, 6.45) is 3.93. The number of para-hydroxylation sites is 1. The summed E-state index contributed by atoms with van der Waals surface area (Å²) in [5.41, 5.74) is 1.65. The van der Waals surface area contributed by atoms with Gasteiger partial charge in [-0.05, 0) is 18.6 Å². The minimum Gasteiger partial charge on any atom is -0.264 e. The van der Waals surface area contributed by atoms with E-state index in [1.54, 1.807) is 4.68 Å². The van der Waals surface area contributed by atoms with Crippen LogP contribution < -0.4 is 0 Å². The first-order valence-electron chi connectivity index (χ1n) is 6.64. The maximum atomic E-state index is 10.8. The molecule has 1 aromatic heterocycles. The number of unbranched alkanes of at least 4 members (excludes halogenated alkanes) is 2. The van der Waals surface area contributed by atoms with Gasteiger partial charge in [0.15, 0.2) is 0 Å². The van der Waals surface area contributed by atoms with E-state index in [4.69, 9.17) is 0 Å². The van der Waals surface area contributed by atoms with Gasteiger partial charge in [-0.15, -0.1) is 5.10 Å². The van der Waals surface area contributed by atoms with Crippen molar-refractivity contribution in [1.82, 2.24) is 15.0 Å². The Balaban J connectivity index is 2.23. The second kappa shape index (κ2) is 6.26. The molecule has 0 spiro atoms. The molecule has 0 unspecified atom stereocenters. The number of benzene rings is 1. The van der Waals surface area contributed by atoms with E-state index in [1.165, 1.54) is 0 Å². The lowest BCUT2D eigenvalue weighted by atomic mass is 10.1. The molecule has 0 bridgehead atoms. The Morgan fingerprint density at radius 3 is 2.89 bits per heavy atom. The van der Waals surface area contributed by atoms with Crippen LogP contribution in [0.15, 0.2) is 24.3 Å². The second-order valence-electron chi connectivity index (χ2n) is 4.69. The normalized spacial score (nSPS) is 12.7. The van der Waals surface area contributed by atoms with Crippen molar-refractivity contribution in [3.63, 3.8) is 0 Å². The lowest BCUT2D eigenvalue weighted by molar-refractivity contribution is -0.486. The van der Waals surface area contributed by atoms with Gasteiger partial charge < -0.3 is 0 Å². The minimum absolute atomic E-state index is 0.100. The molecule has 1 atom stereocenters. The summed E-state index contributed by atoms with van der Waals surface area (Å²) < 4.78 is 1.70. The van der Waals surface area contributed by atoms with Crippen LogP contribution in [0.3, 0.4) is 0 Å². The van der Waals surface area contributed by atoms with Gasteiger partial charge >= 0.3 is 0 Å². The summed E-state index contributed by atoms with van der Waals surface area (Å²) in [6, 6.07) is 7.35. The lowest BCUT2D eigenvalue weighted by Crippen LogP contribution is -2.20. The summed E-state index contributed by atoms with van der Waals surface area (Å²) in [4.78, 5) is 10.5. The average Bonchev–Trinajstić information content (AvgIpc) is 2.81. The molecule has 0 aliphatic heterocycles. The quantitative estimate of drug-likeness (QED) is 0.437. The van der Waals surface area contributed by atoms with Crippen LogP contribution in [0.1, 0.15) is 38.6 Å². The Kier molecular flexibility index (Phi) is 4.43. The molecule has 0 aliphatic rings. The van der Waals surface area contributed by atoms with Crippen molar-refractivity contribution in [1.29, 1.82) is 0 Å². The van der Waals surface area contributed by atoms with Crippen molar-refractivity contribution >= 4 is 11.0 Å². The third-order valence-electron chi connectivity index (χ3n) is 3.22. The molecule has 2 rings (SSSR count). The van der Waals surface area contributed by atoms with E-state index in [2.05, 4.69) is 17.2 Å². The summed E-state index contributed by atoms with van der Waals surface area (Å²) in [5.74, 6) is 0. The Morgan fingerprint density at radius 2 is 2.16 bits per heavy atom. The lowest BCUT2D eigenvalue weighted by Gasteiger charge is -2.13. The first-order chi connectivity index (χ1) is 9.22. The largest absolute Gasteiger partial charge is 0.264 e. The molecule has 0 aliphatic carbocycles. The fourth-order valence-corrected chi connectivity index (χ4v) is 2.25. The molecule has 0 fully saturated rings. The van der Waals surface area contributed by atoms with Gasteiger partial charge in [0, 0.05) is 4.92 Å². The molecule has 0 radical (unpaired) electrons. The molecule has 0 amide bonds. The molecule has 0 saturated carbocycles. The van der Waals surface area contributed by atoms with Crippen molar-refractivity contribution in [3.8, 4) is 0 Å².